The van der Waals surface area contributed by atoms with Gasteiger partial charge in [-0.2, -0.15) is 0 Å². The molecular formula is C23H26N3O5S2+. The Balaban J connectivity index is 1.60. The summed E-state index contributed by atoms with van der Waals surface area (Å²) < 4.78 is 11.5. The number of thioether (sulfide) groups is 1. The normalized spacial score (nSPS) is 14.2. The maximum atomic E-state index is 13.2. The van der Waals surface area contributed by atoms with Crippen molar-refractivity contribution in [2.24, 2.45) is 0 Å². The van der Waals surface area contributed by atoms with E-state index >= 15 is 0 Å². The number of esters is 1. The van der Waals surface area contributed by atoms with E-state index in [-0.39, 0.29) is 10.9 Å². The molecule has 0 bridgehead atoms. The number of benzene rings is 1. The van der Waals surface area contributed by atoms with Crippen molar-refractivity contribution < 1.29 is 23.5 Å². The molecule has 0 aliphatic heterocycles. The van der Waals surface area contributed by atoms with Gasteiger partial charge in [0.1, 0.15) is 5.00 Å². The van der Waals surface area contributed by atoms with Crippen LogP contribution in [0.15, 0.2) is 44.7 Å². The number of anilines is 1. The number of H-pyrrole nitrogens is 1. The molecule has 2 heterocycles. The van der Waals surface area contributed by atoms with E-state index in [9.17, 15) is 14.4 Å². The number of aryl methyl sites for hydroxylation is 1. The number of thiophene rings is 1. The van der Waals surface area contributed by atoms with Crippen molar-refractivity contribution in [2.45, 2.75) is 55.7 Å². The van der Waals surface area contributed by atoms with E-state index in [0.717, 1.165) is 60.0 Å². The van der Waals surface area contributed by atoms with Crippen LogP contribution in [-0.2, 0) is 22.4 Å². The van der Waals surface area contributed by atoms with Crippen LogP contribution in [0.1, 0.15) is 53.4 Å². The molecule has 174 valence electrons. The molecule has 0 fully saturated rings. The summed E-state index contributed by atoms with van der Waals surface area (Å²) in [5.41, 5.74) is 1.63. The largest absolute Gasteiger partial charge is 0.465 e. The molecule has 10 heteroatoms. The van der Waals surface area contributed by atoms with Gasteiger partial charge in [0.2, 0.25) is 11.6 Å². The number of methoxy groups -OCH3 is 1. The Kier molecular flexibility index (Phi) is 7.34. The number of nitrogens with one attached hydrogen (secondary N) is 2. The Morgan fingerprint density at radius 2 is 2.00 bits per heavy atom. The molecule has 1 unspecified atom stereocenters. The molecule has 8 nitrogen and oxygen atoms in total. The van der Waals surface area contributed by atoms with Crippen LogP contribution in [0.3, 0.4) is 0 Å². The first-order chi connectivity index (χ1) is 16.0. The minimum absolute atomic E-state index is 0.274. The van der Waals surface area contributed by atoms with Crippen molar-refractivity contribution in [3.8, 4) is 5.69 Å². The zero-order valence-electron chi connectivity index (χ0n) is 18.5. The fraction of sp³-hybridized carbons (Fsp3) is 0.391. The SMILES string of the molecule is CCC(Sc1c(=O)o[nH][n+]1-c1ccccc1)C(=O)Nc1sc2c(c1C(=O)OC)CCCCC2. The second-order valence-corrected chi connectivity index (χ2v) is 10.0. The molecule has 4 rings (SSSR count). The molecule has 1 aromatic carbocycles. The lowest BCUT2D eigenvalue weighted by Crippen LogP contribution is -2.37. The summed E-state index contributed by atoms with van der Waals surface area (Å²) in [4.78, 5) is 39.3. The molecule has 1 amide bonds. The summed E-state index contributed by atoms with van der Waals surface area (Å²) in [6, 6.07) is 9.23. The Morgan fingerprint density at radius 1 is 1.24 bits per heavy atom. The summed E-state index contributed by atoms with van der Waals surface area (Å²) in [7, 11) is 1.35. The lowest BCUT2D eigenvalue weighted by molar-refractivity contribution is -0.704. The van der Waals surface area contributed by atoms with E-state index in [0.29, 0.717) is 17.0 Å². The maximum Gasteiger partial charge on any atom is 0.442 e. The number of fused-ring (bicyclic) bond motifs is 1. The van der Waals surface area contributed by atoms with Crippen LogP contribution in [0.4, 0.5) is 5.00 Å². The molecule has 33 heavy (non-hydrogen) atoms. The predicted molar refractivity (Wildman–Crippen MR) is 126 cm³/mol. The van der Waals surface area contributed by atoms with E-state index < -0.39 is 16.8 Å². The van der Waals surface area contributed by atoms with Gasteiger partial charge in [-0.15, -0.1) is 11.3 Å². The molecule has 2 N–H and O–H groups in total. The number of aromatic nitrogens is 2. The molecule has 0 radical (unpaired) electrons. The Bertz CT molecular complexity index is 1200. The quantitative estimate of drug-likeness (QED) is 0.226. The van der Waals surface area contributed by atoms with E-state index in [1.54, 1.807) is 0 Å². The van der Waals surface area contributed by atoms with Gasteiger partial charge in [0.05, 0.1) is 17.9 Å². The van der Waals surface area contributed by atoms with Gasteiger partial charge in [0.15, 0.2) is 0 Å². The predicted octanol–water partition coefficient (Wildman–Crippen LogP) is 3.87. The minimum atomic E-state index is -0.564. The van der Waals surface area contributed by atoms with Crippen molar-refractivity contribution in [1.29, 1.82) is 0 Å². The average Bonchev–Trinajstić information content (AvgIpc) is 3.27. The highest BCUT2D eigenvalue weighted by Gasteiger charge is 2.32. The van der Waals surface area contributed by atoms with E-state index in [1.807, 2.05) is 37.3 Å². The number of hydrogen-bond donors (Lipinski definition) is 2. The lowest BCUT2D eigenvalue weighted by atomic mass is 10.1. The van der Waals surface area contributed by atoms with Crippen LogP contribution < -0.4 is 15.6 Å². The van der Waals surface area contributed by atoms with Crippen LogP contribution in [0.2, 0.25) is 0 Å². The molecule has 0 spiro atoms. The average molecular weight is 489 g/mol. The number of nitrogens with zero attached hydrogens (tertiary/aromatic N) is 1. The van der Waals surface area contributed by atoms with Gasteiger partial charge in [-0.1, -0.05) is 31.5 Å². The van der Waals surface area contributed by atoms with Crippen LogP contribution in [0.25, 0.3) is 5.69 Å². The molecule has 0 saturated heterocycles. The number of hydrogen-bond acceptors (Lipinski definition) is 7. The second-order valence-electron chi connectivity index (χ2n) is 7.72. The van der Waals surface area contributed by atoms with Crippen LogP contribution in [-0.4, -0.2) is 29.5 Å². The first-order valence-electron chi connectivity index (χ1n) is 10.9. The number of amides is 1. The smallest absolute Gasteiger partial charge is 0.442 e. The van der Waals surface area contributed by atoms with E-state index in [1.165, 1.54) is 23.1 Å². The van der Waals surface area contributed by atoms with Gasteiger partial charge in [-0.25, -0.2) is 9.59 Å². The molecule has 2 aromatic heterocycles. The third-order valence-corrected chi connectivity index (χ3v) is 8.20. The van der Waals surface area contributed by atoms with Gasteiger partial charge in [-0.05, 0) is 59.4 Å². The third-order valence-electron chi connectivity index (χ3n) is 5.59. The van der Waals surface area contributed by atoms with E-state index in [2.05, 4.69) is 10.6 Å². The minimum Gasteiger partial charge on any atom is -0.465 e. The highest BCUT2D eigenvalue weighted by Crippen LogP contribution is 2.38. The number of rotatable bonds is 7. The summed E-state index contributed by atoms with van der Waals surface area (Å²) >= 11 is 2.58. The fourth-order valence-corrected chi connectivity index (χ4v) is 6.18. The molecule has 1 aliphatic carbocycles. The van der Waals surface area contributed by atoms with Crippen LogP contribution in [0, 0.1) is 0 Å². The maximum absolute atomic E-state index is 13.2. The topological polar surface area (TPSA) is 105 Å². The first kappa shape index (κ1) is 23.3. The summed E-state index contributed by atoms with van der Waals surface area (Å²) in [5, 5.41) is 5.78. The van der Waals surface area contributed by atoms with Crippen molar-refractivity contribution in [1.82, 2.24) is 5.27 Å². The molecule has 3 aromatic rings. The van der Waals surface area contributed by atoms with Gasteiger partial charge >= 0.3 is 16.6 Å². The van der Waals surface area contributed by atoms with Crippen molar-refractivity contribution in [2.75, 3.05) is 12.4 Å². The lowest BCUT2D eigenvalue weighted by Gasteiger charge is -2.12. The summed E-state index contributed by atoms with van der Waals surface area (Å²) in [6.07, 6.45) is 5.38. The summed E-state index contributed by atoms with van der Waals surface area (Å²) in [5.74, 6) is -0.706. The third kappa shape index (κ3) is 4.91. The van der Waals surface area contributed by atoms with Crippen molar-refractivity contribution in [3.63, 3.8) is 0 Å². The highest BCUT2D eigenvalue weighted by molar-refractivity contribution is 8.00. The molecule has 1 atom stereocenters. The van der Waals surface area contributed by atoms with Crippen molar-refractivity contribution >= 4 is 40.0 Å². The first-order valence-corrected chi connectivity index (χ1v) is 12.6. The molecular weight excluding hydrogens is 462 g/mol. The van der Waals surface area contributed by atoms with Gasteiger partial charge in [-0.3, -0.25) is 9.32 Å². The molecule has 0 saturated carbocycles. The second kappa shape index (κ2) is 10.4. The van der Waals surface area contributed by atoms with Crippen LogP contribution in [0.5, 0.6) is 0 Å². The Labute approximate surface area is 199 Å². The monoisotopic (exact) mass is 488 g/mol. The zero-order valence-corrected chi connectivity index (χ0v) is 20.1. The standard InChI is InChI=1S/C23H25N3O5S2/c1-3-16(33-21-23(29)31-25-26(21)14-10-6-4-7-11-14)19(27)24-20-18(22(28)30-2)15-12-8-5-9-13-17(15)32-20/h4,6-7,10-11,16H,3,5,8-9,12-13H2,1-2H3,(H-,24,25,27,28,29)/p+1. The number of para-hydroxylation sites is 1. The summed E-state index contributed by atoms with van der Waals surface area (Å²) in [6.45, 7) is 1.88. The zero-order chi connectivity index (χ0) is 23.4. The number of ether oxygens (including phenoxy) is 1. The van der Waals surface area contributed by atoms with Gasteiger partial charge in [0, 0.05) is 17.0 Å². The van der Waals surface area contributed by atoms with Crippen LogP contribution >= 0.6 is 23.1 Å². The number of carbonyl (C=O) groups excluding carboxylic acids is 2. The van der Waals surface area contributed by atoms with E-state index in [4.69, 9.17) is 9.26 Å². The fourth-order valence-electron chi connectivity index (χ4n) is 3.91. The Hall–Kier alpha value is -2.85. The molecule has 1 aliphatic rings. The Morgan fingerprint density at radius 3 is 2.73 bits per heavy atom. The number of carbonyl (C=O) groups is 2. The van der Waals surface area contributed by atoms with Crippen molar-refractivity contribution in [3.05, 3.63) is 56.8 Å². The van der Waals surface area contributed by atoms with Gasteiger partial charge in [0.25, 0.3) is 0 Å². The highest BCUT2D eigenvalue weighted by atomic mass is 32.2. The van der Waals surface area contributed by atoms with Gasteiger partial charge < -0.3 is 10.1 Å². The number of aromatic amines is 1.